The van der Waals surface area contributed by atoms with E-state index in [1.54, 1.807) is 7.05 Å². The number of amides is 1. The Labute approximate surface area is 190 Å². The number of aryl methyl sites for hydroxylation is 1. The molecule has 0 saturated carbocycles. The largest absolute Gasteiger partial charge is 0.356 e. The van der Waals surface area contributed by atoms with E-state index < -0.39 is 0 Å². The van der Waals surface area contributed by atoms with E-state index in [1.807, 2.05) is 43.3 Å². The van der Waals surface area contributed by atoms with Crippen molar-refractivity contribution in [3.63, 3.8) is 0 Å². The predicted octanol–water partition coefficient (Wildman–Crippen LogP) is 2.69. The van der Waals surface area contributed by atoms with Crippen molar-refractivity contribution in [3.8, 4) is 0 Å². The van der Waals surface area contributed by atoms with Gasteiger partial charge >= 0.3 is 0 Å². The molecule has 7 nitrogen and oxygen atoms in total. The van der Waals surface area contributed by atoms with Crippen LogP contribution in [0.15, 0.2) is 65.8 Å². The van der Waals surface area contributed by atoms with E-state index in [9.17, 15) is 4.79 Å². The number of nitrogens with one attached hydrogen (secondary N) is 3. The van der Waals surface area contributed by atoms with Gasteiger partial charge in [0.1, 0.15) is 0 Å². The van der Waals surface area contributed by atoms with Gasteiger partial charge < -0.3 is 25.4 Å². The lowest BCUT2D eigenvalue weighted by Gasteiger charge is -2.13. The fourth-order valence-corrected chi connectivity index (χ4v) is 3.52. The van der Waals surface area contributed by atoms with Crippen molar-refractivity contribution in [2.45, 2.75) is 19.5 Å². The lowest BCUT2D eigenvalue weighted by molar-refractivity contribution is 0.0951. The normalized spacial score (nSPS) is 11.7. The first-order valence-corrected chi connectivity index (χ1v) is 11.1. The minimum Gasteiger partial charge on any atom is -0.356 e. The van der Waals surface area contributed by atoms with Crippen molar-refractivity contribution in [1.29, 1.82) is 0 Å². The molecule has 3 rings (SSSR count). The Morgan fingerprint density at radius 1 is 1.00 bits per heavy atom. The Morgan fingerprint density at radius 3 is 2.66 bits per heavy atom. The van der Waals surface area contributed by atoms with E-state index in [2.05, 4.69) is 62.0 Å². The average Bonchev–Trinajstić information content (AvgIpc) is 3.21. The molecule has 1 aromatic heterocycles. The summed E-state index contributed by atoms with van der Waals surface area (Å²) in [5, 5.41) is 10.9. The van der Waals surface area contributed by atoms with Gasteiger partial charge in [0, 0.05) is 57.0 Å². The first kappa shape index (κ1) is 23.3. The molecule has 0 aliphatic rings. The first-order valence-electron chi connectivity index (χ1n) is 11.1. The Morgan fingerprint density at radius 2 is 1.84 bits per heavy atom. The molecule has 0 spiro atoms. The van der Waals surface area contributed by atoms with E-state index in [0.29, 0.717) is 18.7 Å². The van der Waals surface area contributed by atoms with Crippen LogP contribution in [0.3, 0.4) is 0 Å². The van der Waals surface area contributed by atoms with Crippen molar-refractivity contribution in [2.24, 2.45) is 4.99 Å². The van der Waals surface area contributed by atoms with Gasteiger partial charge in [-0.25, -0.2) is 0 Å². The van der Waals surface area contributed by atoms with Crippen LogP contribution in [0.1, 0.15) is 22.3 Å². The Bertz CT molecular complexity index is 1040. The summed E-state index contributed by atoms with van der Waals surface area (Å²) in [6.45, 7) is 3.81. The summed E-state index contributed by atoms with van der Waals surface area (Å²) in [6, 6.07) is 18.3. The smallest absolute Gasteiger partial charge is 0.251 e. The maximum absolute atomic E-state index is 12.3. The summed E-state index contributed by atoms with van der Waals surface area (Å²) in [6.07, 6.45) is 3.13. The molecule has 0 bridgehead atoms. The van der Waals surface area contributed by atoms with Gasteiger partial charge in [-0.05, 0) is 55.7 Å². The number of fused-ring (bicyclic) bond motifs is 1. The number of nitrogens with zero attached hydrogens (tertiary/aromatic N) is 3. The summed E-state index contributed by atoms with van der Waals surface area (Å²) < 4.78 is 2.28. The van der Waals surface area contributed by atoms with E-state index in [1.165, 1.54) is 10.9 Å². The lowest BCUT2D eigenvalue weighted by atomic mass is 10.1. The van der Waals surface area contributed by atoms with Crippen molar-refractivity contribution in [1.82, 2.24) is 25.4 Å². The highest BCUT2D eigenvalue weighted by molar-refractivity contribution is 5.94. The number of aromatic nitrogens is 1. The number of guanidine groups is 1. The molecule has 0 atom stereocenters. The number of hydrogen-bond donors (Lipinski definition) is 3. The molecular weight excluding hydrogens is 400 g/mol. The van der Waals surface area contributed by atoms with E-state index in [-0.39, 0.29) is 5.91 Å². The van der Waals surface area contributed by atoms with Crippen LogP contribution in [0.4, 0.5) is 0 Å². The standard InChI is InChI=1S/C25H34N6O/c1-26-25(28-13-7-15-31-16-12-21-9-4-5-11-23(21)31)29-19-20-8-6-10-22(18-20)24(32)27-14-17-30(2)3/h4-6,8-12,16,18H,7,13-15,17,19H2,1-3H3,(H,27,32)(H2,26,28,29). The second kappa shape index (κ2) is 11.9. The highest BCUT2D eigenvalue weighted by atomic mass is 16.1. The maximum Gasteiger partial charge on any atom is 0.251 e. The van der Waals surface area contributed by atoms with Crippen LogP contribution in [0.5, 0.6) is 0 Å². The molecule has 0 radical (unpaired) electrons. The first-order chi connectivity index (χ1) is 15.6. The zero-order valence-electron chi connectivity index (χ0n) is 19.3. The molecule has 170 valence electrons. The fourth-order valence-electron chi connectivity index (χ4n) is 3.52. The van der Waals surface area contributed by atoms with Gasteiger partial charge in [-0.15, -0.1) is 0 Å². The summed E-state index contributed by atoms with van der Waals surface area (Å²) in [5.41, 5.74) is 2.97. The molecule has 3 N–H and O–H groups in total. The second-order valence-corrected chi connectivity index (χ2v) is 8.03. The maximum atomic E-state index is 12.3. The van der Waals surface area contributed by atoms with Gasteiger partial charge in [0.05, 0.1) is 0 Å². The Balaban J connectivity index is 1.42. The molecule has 2 aromatic carbocycles. The minimum atomic E-state index is -0.0475. The summed E-state index contributed by atoms with van der Waals surface area (Å²) in [5.74, 6) is 0.706. The van der Waals surface area contributed by atoms with Crippen LogP contribution >= 0.6 is 0 Å². The molecule has 0 saturated heterocycles. The highest BCUT2D eigenvalue weighted by Crippen LogP contribution is 2.15. The van der Waals surface area contributed by atoms with Crippen LogP contribution in [0, 0.1) is 0 Å². The molecule has 0 fully saturated rings. The van der Waals surface area contributed by atoms with Gasteiger partial charge in [0.25, 0.3) is 5.91 Å². The molecular formula is C25H34N6O. The Kier molecular flexibility index (Phi) is 8.69. The minimum absolute atomic E-state index is 0.0475. The van der Waals surface area contributed by atoms with Crippen LogP contribution in [0.2, 0.25) is 0 Å². The Hall–Kier alpha value is -3.32. The van der Waals surface area contributed by atoms with Gasteiger partial charge in [-0.2, -0.15) is 0 Å². The number of hydrogen-bond acceptors (Lipinski definition) is 3. The fraction of sp³-hybridized carbons (Fsp3) is 0.360. The van der Waals surface area contributed by atoms with Crippen molar-refractivity contribution in [3.05, 3.63) is 71.9 Å². The number of benzene rings is 2. The third-order valence-corrected chi connectivity index (χ3v) is 5.27. The number of aliphatic imine (C=N–C) groups is 1. The van der Waals surface area contributed by atoms with Crippen LogP contribution in [0.25, 0.3) is 10.9 Å². The molecule has 0 aliphatic carbocycles. The van der Waals surface area contributed by atoms with E-state index in [4.69, 9.17) is 0 Å². The SMILES string of the molecule is CN=C(NCCCn1ccc2ccccc21)NCc1cccc(C(=O)NCCN(C)C)c1. The third kappa shape index (κ3) is 6.85. The number of carbonyl (C=O) groups is 1. The molecule has 32 heavy (non-hydrogen) atoms. The number of carbonyl (C=O) groups excluding carboxylic acids is 1. The zero-order chi connectivity index (χ0) is 22.8. The van der Waals surface area contributed by atoms with E-state index in [0.717, 1.165) is 37.6 Å². The molecule has 0 unspecified atom stereocenters. The van der Waals surface area contributed by atoms with Crippen LogP contribution in [-0.4, -0.2) is 62.1 Å². The van der Waals surface area contributed by atoms with Gasteiger partial charge in [0.15, 0.2) is 5.96 Å². The molecule has 7 heteroatoms. The third-order valence-electron chi connectivity index (χ3n) is 5.27. The number of para-hydroxylation sites is 1. The average molecular weight is 435 g/mol. The zero-order valence-corrected chi connectivity index (χ0v) is 19.3. The quantitative estimate of drug-likeness (QED) is 0.261. The molecule has 1 amide bonds. The van der Waals surface area contributed by atoms with Crippen molar-refractivity contribution in [2.75, 3.05) is 40.8 Å². The molecule has 0 aliphatic heterocycles. The summed E-state index contributed by atoms with van der Waals surface area (Å²) in [7, 11) is 5.74. The van der Waals surface area contributed by atoms with Gasteiger partial charge in [-0.1, -0.05) is 30.3 Å². The monoisotopic (exact) mass is 434 g/mol. The lowest BCUT2D eigenvalue weighted by Crippen LogP contribution is -2.37. The number of rotatable bonds is 10. The summed E-state index contributed by atoms with van der Waals surface area (Å²) in [4.78, 5) is 18.7. The summed E-state index contributed by atoms with van der Waals surface area (Å²) >= 11 is 0. The van der Waals surface area contributed by atoms with Crippen LogP contribution < -0.4 is 16.0 Å². The van der Waals surface area contributed by atoms with Gasteiger partial charge in [-0.3, -0.25) is 9.79 Å². The number of likely N-dealkylation sites (N-methyl/N-ethyl adjacent to an activating group) is 1. The predicted molar refractivity (Wildman–Crippen MR) is 132 cm³/mol. The van der Waals surface area contributed by atoms with Crippen LogP contribution in [-0.2, 0) is 13.1 Å². The van der Waals surface area contributed by atoms with Crippen molar-refractivity contribution < 1.29 is 4.79 Å². The second-order valence-electron chi connectivity index (χ2n) is 8.03. The van der Waals surface area contributed by atoms with E-state index >= 15 is 0 Å². The van der Waals surface area contributed by atoms with Gasteiger partial charge in [0.2, 0.25) is 0 Å². The molecule has 1 heterocycles. The van der Waals surface area contributed by atoms with Crippen molar-refractivity contribution >= 4 is 22.8 Å². The molecule has 3 aromatic rings. The highest BCUT2D eigenvalue weighted by Gasteiger charge is 2.07. The topological polar surface area (TPSA) is 73.7 Å².